The van der Waals surface area contributed by atoms with Crippen LogP contribution in [-0.4, -0.2) is 24.5 Å². The summed E-state index contributed by atoms with van der Waals surface area (Å²) in [4.78, 5) is 11.9. The lowest BCUT2D eigenvalue weighted by Gasteiger charge is -2.09. The Hall–Kier alpha value is -1.21. The third-order valence-corrected chi connectivity index (χ3v) is 4.05. The van der Waals surface area contributed by atoms with Crippen LogP contribution in [0.5, 0.6) is 0 Å². The van der Waals surface area contributed by atoms with E-state index in [9.17, 15) is 18.0 Å². The molecule has 1 amide bonds. The van der Waals surface area contributed by atoms with Crippen LogP contribution in [0.1, 0.15) is 19.3 Å². The van der Waals surface area contributed by atoms with Crippen molar-refractivity contribution in [2.45, 2.75) is 29.7 Å². The summed E-state index contributed by atoms with van der Waals surface area (Å²) < 4.78 is 36.6. The van der Waals surface area contributed by atoms with Crippen LogP contribution in [0.2, 0.25) is 0 Å². The van der Waals surface area contributed by atoms with Gasteiger partial charge >= 0.3 is 5.51 Å². The SMILES string of the molecule is O=C(CCC1CCNC1)Nc1ccc(SC(F)(F)F)cc1. The van der Waals surface area contributed by atoms with Crippen molar-refractivity contribution in [3.8, 4) is 0 Å². The molecule has 1 aliphatic rings. The molecule has 0 aliphatic carbocycles. The molecule has 1 aliphatic heterocycles. The van der Waals surface area contributed by atoms with Gasteiger partial charge in [0.15, 0.2) is 0 Å². The summed E-state index contributed by atoms with van der Waals surface area (Å²) in [6, 6.07) is 5.69. The van der Waals surface area contributed by atoms with Crippen LogP contribution in [0.4, 0.5) is 18.9 Å². The molecule has 3 nitrogen and oxygen atoms in total. The van der Waals surface area contributed by atoms with E-state index in [1.165, 1.54) is 24.3 Å². The van der Waals surface area contributed by atoms with E-state index in [-0.39, 0.29) is 22.6 Å². The van der Waals surface area contributed by atoms with Crippen molar-refractivity contribution in [3.05, 3.63) is 24.3 Å². The lowest BCUT2D eigenvalue weighted by Crippen LogP contribution is -2.14. The van der Waals surface area contributed by atoms with Gasteiger partial charge in [-0.2, -0.15) is 13.2 Å². The molecule has 1 heterocycles. The minimum atomic E-state index is -4.29. The summed E-state index contributed by atoms with van der Waals surface area (Å²) in [5, 5.41) is 5.95. The molecular formula is C14H17F3N2OS. The van der Waals surface area contributed by atoms with Gasteiger partial charge < -0.3 is 10.6 Å². The minimum Gasteiger partial charge on any atom is -0.326 e. The number of hydrogen-bond acceptors (Lipinski definition) is 3. The first-order valence-electron chi connectivity index (χ1n) is 6.79. The van der Waals surface area contributed by atoms with Crippen molar-refractivity contribution >= 4 is 23.4 Å². The van der Waals surface area contributed by atoms with Crippen LogP contribution in [-0.2, 0) is 4.79 Å². The molecule has 1 aromatic rings. The van der Waals surface area contributed by atoms with Gasteiger partial charge in [0.1, 0.15) is 0 Å². The lowest BCUT2D eigenvalue weighted by molar-refractivity contribution is -0.116. The Balaban J connectivity index is 1.78. The molecule has 1 unspecified atom stereocenters. The standard InChI is InChI=1S/C14H17F3N2OS/c15-14(16,17)21-12-4-2-11(3-5-12)19-13(20)6-1-10-7-8-18-9-10/h2-5,10,18H,1,6-9H2,(H,19,20). The Bertz CT molecular complexity index is 470. The largest absolute Gasteiger partial charge is 0.446 e. The van der Waals surface area contributed by atoms with Gasteiger partial charge in [0.2, 0.25) is 5.91 Å². The van der Waals surface area contributed by atoms with Crippen molar-refractivity contribution in [3.63, 3.8) is 0 Å². The molecule has 1 aromatic carbocycles. The zero-order valence-corrected chi connectivity index (χ0v) is 12.2. The fraction of sp³-hybridized carbons (Fsp3) is 0.500. The molecule has 0 bridgehead atoms. The molecule has 2 N–H and O–H groups in total. The number of nitrogens with one attached hydrogen (secondary N) is 2. The number of carbonyl (C=O) groups excluding carboxylic acids is 1. The first kappa shape index (κ1) is 16.2. The predicted molar refractivity (Wildman–Crippen MR) is 77.2 cm³/mol. The molecule has 1 fully saturated rings. The zero-order chi connectivity index (χ0) is 15.3. The van der Waals surface area contributed by atoms with Gasteiger partial charge in [-0.25, -0.2) is 0 Å². The van der Waals surface area contributed by atoms with Gasteiger partial charge in [-0.3, -0.25) is 4.79 Å². The number of amides is 1. The second-order valence-corrected chi connectivity index (χ2v) is 6.16. The van der Waals surface area contributed by atoms with E-state index in [2.05, 4.69) is 10.6 Å². The van der Waals surface area contributed by atoms with Crippen molar-refractivity contribution in [1.29, 1.82) is 0 Å². The number of anilines is 1. The molecule has 0 spiro atoms. The molecule has 0 saturated carbocycles. The summed E-state index contributed by atoms with van der Waals surface area (Å²) >= 11 is -0.164. The minimum absolute atomic E-state index is 0.0990. The fourth-order valence-electron chi connectivity index (χ4n) is 2.26. The highest BCUT2D eigenvalue weighted by Crippen LogP contribution is 2.37. The molecule has 0 aromatic heterocycles. The number of carbonyl (C=O) groups is 1. The molecule has 1 atom stereocenters. The second kappa shape index (κ2) is 7.17. The second-order valence-electron chi connectivity index (χ2n) is 5.02. The Kier molecular flexibility index (Phi) is 5.52. The topological polar surface area (TPSA) is 41.1 Å². The lowest BCUT2D eigenvalue weighted by atomic mass is 10.0. The maximum atomic E-state index is 12.2. The van der Waals surface area contributed by atoms with Crippen LogP contribution in [0.25, 0.3) is 0 Å². The number of rotatable bonds is 5. The highest BCUT2D eigenvalue weighted by Gasteiger charge is 2.29. The number of halogens is 3. The molecule has 2 rings (SSSR count). The average Bonchev–Trinajstić information content (AvgIpc) is 2.90. The summed E-state index contributed by atoms with van der Waals surface area (Å²) in [5.41, 5.74) is -3.77. The van der Waals surface area contributed by atoms with Crippen molar-refractivity contribution < 1.29 is 18.0 Å². The Morgan fingerprint density at radius 2 is 2.05 bits per heavy atom. The van der Waals surface area contributed by atoms with Gasteiger partial charge in [0.05, 0.1) is 0 Å². The third-order valence-electron chi connectivity index (χ3n) is 3.31. The van der Waals surface area contributed by atoms with E-state index in [1.54, 1.807) is 0 Å². The average molecular weight is 318 g/mol. The van der Waals surface area contributed by atoms with E-state index in [0.717, 1.165) is 25.9 Å². The van der Waals surface area contributed by atoms with Crippen LogP contribution in [0, 0.1) is 5.92 Å². The smallest absolute Gasteiger partial charge is 0.326 e. The van der Waals surface area contributed by atoms with Gasteiger partial charge in [0.25, 0.3) is 0 Å². The summed E-state index contributed by atoms with van der Waals surface area (Å²) in [5.74, 6) is 0.444. The Morgan fingerprint density at radius 1 is 1.33 bits per heavy atom. The summed E-state index contributed by atoms with van der Waals surface area (Å²) in [6.45, 7) is 1.96. The van der Waals surface area contributed by atoms with Gasteiger partial charge in [-0.05, 0) is 67.9 Å². The van der Waals surface area contributed by atoms with Gasteiger partial charge in [0, 0.05) is 17.0 Å². The van der Waals surface area contributed by atoms with Crippen molar-refractivity contribution in [2.75, 3.05) is 18.4 Å². The Labute approximate surface area is 125 Å². The van der Waals surface area contributed by atoms with Crippen LogP contribution in [0.15, 0.2) is 29.2 Å². The molecule has 7 heteroatoms. The Morgan fingerprint density at radius 3 is 2.62 bits per heavy atom. The van der Waals surface area contributed by atoms with E-state index in [0.29, 0.717) is 18.0 Å². The maximum Gasteiger partial charge on any atom is 0.446 e. The molecule has 116 valence electrons. The van der Waals surface area contributed by atoms with E-state index in [4.69, 9.17) is 0 Å². The van der Waals surface area contributed by atoms with Gasteiger partial charge in [-0.15, -0.1) is 0 Å². The number of alkyl halides is 3. The van der Waals surface area contributed by atoms with Crippen LogP contribution < -0.4 is 10.6 Å². The number of benzene rings is 1. The predicted octanol–water partition coefficient (Wildman–Crippen LogP) is 3.63. The van der Waals surface area contributed by atoms with Crippen molar-refractivity contribution in [1.82, 2.24) is 5.32 Å². The van der Waals surface area contributed by atoms with Crippen molar-refractivity contribution in [2.24, 2.45) is 5.92 Å². The van der Waals surface area contributed by atoms with E-state index < -0.39 is 5.51 Å². The molecular weight excluding hydrogens is 301 g/mol. The monoisotopic (exact) mass is 318 g/mol. The zero-order valence-electron chi connectivity index (χ0n) is 11.4. The normalized spacial score (nSPS) is 18.7. The number of thioether (sulfide) groups is 1. The van der Waals surface area contributed by atoms with E-state index in [1.807, 2.05) is 0 Å². The first-order chi connectivity index (χ1) is 9.92. The molecule has 21 heavy (non-hydrogen) atoms. The summed E-state index contributed by atoms with van der Waals surface area (Å²) in [6.07, 6.45) is 2.36. The quantitative estimate of drug-likeness (QED) is 0.815. The molecule has 0 radical (unpaired) electrons. The first-order valence-corrected chi connectivity index (χ1v) is 7.60. The highest BCUT2D eigenvalue weighted by molar-refractivity contribution is 8.00. The number of hydrogen-bond donors (Lipinski definition) is 2. The molecule has 1 saturated heterocycles. The van der Waals surface area contributed by atoms with Crippen LogP contribution in [0.3, 0.4) is 0 Å². The fourth-order valence-corrected chi connectivity index (χ4v) is 2.80. The third kappa shape index (κ3) is 5.97. The summed E-state index contributed by atoms with van der Waals surface area (Å²) in [7, 11) is 0. The van der Waals surface area contributed by atoms with Crippen LogP contribution >= 0.6 is 11.8 Å². The van der Waals surface area contributed by atoms with E-state index >= 15 is 0 Å². The highest BCUT2D eigenvalue weighted by atomic mass is 32.2. The maximum absolute atomic E-state index is 12.2. The van der Waals surface area contributed by atoms with Gasteiger partial charge in [-0.1, -0.05) is 0 Å².